The number of amides is 3. The number of likely N-dealkylation sites (tertiary alicyclic amines) is 1. The van der Waals surface area contributed by atoms with Crippen LogP contribution in [0.1, 0.15) is 47.6 Å². The van der Waals surface area contributed by atoms with Crippen LogP contribution in [0.15, 0.2) is 35.0 Å². The van der Waals surface area contributed by atoms with Gasteiger partial charge in [0.2, 0.25) is 0 Å². The average Bonchev–Trinajstić information content (AvgIpc) is 3.47. The van der Waals surface area contributed by atoms with E-state index in [2.05, 4.69) is 25.8 Å². The number of carbonyl (C=O) groups is 3. The third kappa shape index (κ3) is 6.47. The zero-order chi connectivity index (χ0) is 27.9. The summed E-state index contributed by atoms with van der Waals surface area (Å²) in [6.45, 7) is 7.72. The van der Waals surface area contributed by atoms with Crippen molar-refractivity contribution in [2.24, 2.45) is 5.92 Å². The molecule has 3 amide bonds. The summed E-state index contributed by atoms with van der Waals surface area (Å²) in [7, 11) is 2.05. The van der Waals surface area contributed by atoms with Gasteiger partial charge in [0.25, 0.3) is 11.8 Å². The first-order valence-electron chi connectivity index (χ1n) is 13.3. The van der Waals surface area contributed by atoms with E-state index >= 15 is 0 Å². The highest BCUT2D eigenvalue weighted by molar-refractivity contribution is 7.13. The summed E-state index contributed by atoms with van der Waals surface area (Å²) in [4.78, 5) is 48.9. The topological polar surface area (TPSA) is 116 Å². The number of thiazole rings is 1. The lowest BCUT2D eigenvalue weighted by molar-refractivity contribution is -0.119. The second-order valence-corrected chi connectivity index (χ2v) is 13.0. The van der Waals surface area contributed by atoms with Crippen molar-refractivity contribution in [3.8, 4) is 0 Å². The van der Waals surface area contributed by atoms with Crippen LogP contribution in [0, 0.1) is 5.92 Å². The first-order chi connectivity index (χ1) is 18.4. The Morgan fingerprint density at radius 3 is 2.69 bits per heavy atom. The number of nitrogens with zero attached hydrogens (tertiary/aromatic N) is 3. The summed E-state index contributed by atoms with van der Waals surface area (Å²) < 4.78 is 5.57. The Morgan fingerprint density at radius 1 is 1.15 bits per heavy atom. The second-order valence-electron chi connectivity index (χ2n) is 11.5. The molecule has 39 heavy (non-hydrogen) atoms. The number of likely N-dealkylation sites (N-methyl/N-ethyl adjacent to an activating group) is 1. The second kappa shape index (κ2) is 10.9. The summed E-state index contributed by atoms with van der Waals surface area (Å²) >= 11 is 7.53. The van der Waals surface area contributed by atoms with E-state index in [-0.39, 0.29) is 36.4 Å². The number of piperidine rings is 1. The minimum atomic E-state index is -0.642. The molecule has 1 saturated heterocycles. The van der Waals surface area contributed by atoms with Gasteiger partial charge in [0.05, 0.1) is 29.5 Å². The highest BCUT2D eigenvalue weighted by Crippen LogP contribution is 2.28. The van der Waals surface area contributed by atoms with Gasteiger partial charge in [-0.3, -0.25) is 9.59 Å². The number of fused-ring (bicyclic) bond motifs is 2. The molecule has 5 rings (SSSR count). The summed E-state index contributed by atoms with van der Waals surface area (Å²) in [5.41, 5.74) is 0.793. The van der Waals surface area contributed by atoms with Crippen LogP contribution in [-0.2, 0) is 22.5 Å². The van der Waals surface area contributed by atoms with Crippen molar-refractivity contribution in [3.63, 3.8) is 0 Å². The van der Waals surface area contributed by atoms with Gasteiger partial charge in [0.1, 0.15) is 5.60 Å². The molecule has 1 aromatic rings. The van der Waals surface area contributed by atoms with Crippen LogP contribution >= 0.6 is 22.9 Å². The van der Waals surface area contributed by atoms with E-state index in [0.29, 0.717) is 28.7 Å². The lowest BCUT2D eigenvalue weighted by atomic mass is 9.97. The first kappa shape index (κ1) is 27.7. The summed E-state index contributed by atoms with van der Waals surface area (Å²) in [5.74, 6) is -0.561. The van der Waals surface area contributed by atoms with Crippen molar-refractivity contribution in [1.29, 1.82) is 0 Å². The fourth-order valence-electron chi connectivity index (χ4n) is 5.18. The highest BCUT2D eigenvalue weighted by Gasteiger charge is 2.37. The van der Waals surface area contributed by atoms with Gasteiger partial charge in [0, 0.05) is 48.4 Å². The molecule has 4 atom stereocenters. The van der Waals surface area contributed by atoms with E-state index in [1.165, 1.54) is 11.3 Å². The van der Waals surface area contributed by atoms with E-state index in [4.69, 9.17) is 16.3 Å². The Kier molecular flexibility index (Phi) is 7.76. The Labute approximate surface area is 237 Å². The minimum absolute atomic E-state index is 0.00254. The van der Waals surface area contributed by atoms with Crippen LogP contribution in [0.25, 0.3) is 0 Å². The Balaban J connectivity index is 1.30. The number of allylic oxidation sites excluding steroid dienone is 2. The van der Waals surface area contributed by atoms with Gasteiger partial charge in [-0.1, -0.05) is 23.8 Å². The lowest BCUT2D eigenvalue weighted by Gasteiger charge is -2.39. The summed E-state index contributed by atoms with van der Waals surface area (Å²) in [6.07, 6.45) is 8.36. The van der Waals surface area contributed by atoms with Gasteiger partial charge < -0.3 is 30.5 Å². The maximum absolute atomic E-state index is 13.3. The number of ether oxygens (including phenoxy) is 1. The van der Waals surface area contributed by atoms with Crippen LogP contribution in [0.3, 0.4) is 0 Å². The molecule has 1 aliphatic carbocycles. The molecule has 12 heteroatoms. The zero-order valence-electron chi connectivity index (χ0n) is 22.6. The molecule has 210 valence electrons. The van der Waals surface area contributed by atoms with Crippen molar-refractivity contribution in [2.75, 3.05) is 26.7 Å². The number of hydrogen-bond acceptors (Lipinski definition) is 8. The Bertz CT molecular complexity index is 1250. The van der Waals surface area contributed by atoms with Crippen molar-refractivity contribution in [1.82, 2.24) is 30.7 Å². The van der Waals surface area contributed by atoms with Gasteiger partial charge in [-0.2, -0.15) is 0 Å². The van der Waals surface area contributed by atoms with Crippen molar-refractivity contribution < 1.29 is 19.1 Å². The molecule has 1 aromatic heterocycles. The Morgan fingerprint density at radius 2 is 1.92 bits per heavy atom. The molecular formula is C27H35ClN6O4S. The number of rotatable bonds is 4. The molecule has 0 aromatic carbocycles. The standard InChI is InChI=1S/C27H35ClN6O4S/c1-27(2,3)38-26(37)34-10-8-18(30-23(35)20-12-15-11-16(28)5-6-17(15)29-20)21(13-34)31-24(36)25-32-19-7-9-33(4)14-22(19)39-25/h5-6,11-12,15,17-18,21,29H,7-10,13-14H2,1-4H3,(H,30,35)(H,31,36)/t15?,17?,18-,21+/m0/s1. The summed E-state index contributed by atoms with van der Waals surface area (Å²) in [6, 6.07) is -0.932. The van der Waals surface area contributed by atoms with Crippen LogP contribution < -0.4 is 16.0 Å². The molecule has 0 spiro atoms. The molecule has 10 nitrogen and oxygen atoms in total. The van der Waals surface area contributed by atoms with Crippen LogP contribution in [-0.4, -0.2) is 83.1 Å². The number of nitrogens with one attached hydrogen (secondary N) is 3. The van der Waals surface area contributed by atoms with Gasteiger partial charge >= 0.3 is 6.09 Å². The fraction of sp³-hybridized carbons (Fsp3) is 0.556. The third-order valence-electron chi connectivity index (χ3n) is 7.17. The van der Waals surface area contributed by atoms with E-state index < -0.39 is 17.7 Å². The molecular weight excluding hydrogens is 540 g/mol. The SMILES string of the molecule is CN1CCc2nc(C(=O)N[C@@H]3CN(C(=O)OC(C)(C)C)CC[C@@H]3NC(=O)C3=CC4C=C(Cl)C=CC4N3)sc2C1. The zero-order valence-corrected chi connectivity index (χ0v) is 24.2. The third-order valence-corrected chi connectivity index (χ3v) is 8.50. The van der Waals surface area contributed by atoms with Crippen molar-refractivity contribution in [2.45, 2.75) is 63.9 Å². The average molecular weight is 575 g/mol. The molecule has 3 aliphatic heterocycles. The minimum Gasteiger partial charge on any atom is -0.444 e. The predicted octanol–water partition coefficient (Wildman–Crippen LogP) is 2.52. The molecule has 0 saturated carbocycles. The van der Waals surface area contributed by atoms with Crippen LogP contribution in [0.5, 0.6) is 0 Å². The molecule has 1 fully saturated rings. The molecule has 2 unspecified atom stereocenters. The summed E-state index contributed by atoms with van der Waals surface area (Å²) in [5, 5.41) is 10.4. The van der Waals surface area contributed by atoms with Crippen LogP contribution in [0.2, 0.25) is 0 Å². The smallest absolute Gasteiger partial charge is 0.410 e. The van der Waals surface area contributed by atoms with E-state index in [9.17, 15) is 14.4 Å². The van der Waals surface area contributed by atoms with Crippen LogP contribution in [0.4, 0.5) is 4.79 Å². The number of aromatic nitrogens is 1. The molecule has 0 radical (unpaired) electrons. The van der Waals surface area contributed by atoms with Gasteiger partial charge in [-0.25, -0.2) is 9.78 Å². The lowest BCUT2D eigenvalue weighted by Crippen LogP contribution is -2.62. The number of halogens is 1. The van der Waals surface area contributed by atoms with E-state index in [1.54, 1.807) is 4.90 Å². The van der Waals surface area contributed by atoms with Gasteiger partial charge in [-0.05, 0) is 46.4 Å². The highest BCUT2D eigenvalue weighted by atomic mass is 35.5. The van der Waals surface area contributed by atoms with E-state index in [0.717, 1.165) is 30.1 Å². The molecule has 4 heterocycles. The predicted molar refractivity (Wildman–Crippen MR) is 149 cm³/mol. The van der Waals surface area contributed by atoms with Crippen molar-refractivity contribution in [3.05, 3.63) is 50.6 Å². The molecule has 4 aliphatic rings. The molecule has 0 bridgehead atoms. The largest absolute Gasteiger partial charge is 0.444 e. The maximum atomic E-state index is 13.3. The quantitative estimate of drug-likeness (QED) is 0.506. The van der Waals surface area contributed by atoms with Crippen molar-refractivity contribution >= 4 is 40.8 Å². The Hall–Kier alpha value is -2.89. The van der Waals surface area contributed by atoms with E-state index in [1.807, 2.05) is 52.1 Å². The van der Waals surface area contributed by atoms with Gasteiger partial charge in [-0.15, -0.1) is 11.3 Å². The molecule has 3 N–H and O–H groups in total. The maximum Gasteiger partial charge on any atom is 0.410 e. The fourth-order valence-corrected chi connectivity index (χ4v) is 6.49. The monoisotopic (exact) mass is 574 g/mol. The normalized spacial score (nSPS) is 26.5. The van der Waals surface area contributed by atoms with Gasteiger partial charge in [0.15, 0.2) is 5.01 Å². The number of hydrogen-bond donors (Lipinski definition) is 3. The number of carbonyl (C=O) groups excluding carboxylic acids is 3. The first-order valence-corrected chi connectivity index (χ1v) is 14.5.